The molecule has 2 N–H and O–H groups in total. The van der Waals surface area contributed by atoms with Crippen LogP contribution in [0, 0.1) is 0 Å². The number of ether oxygens (including phenoxy) is 1. The fourth-order valence-electron chi connectivity index (χ4n) is 4.95. The maximum Gasteiger partial charge on any atom is 0.258 e. The van der Waals surface area contributed by atoms with E-state index in [0.717, 1.165) is 45.4 Å². The minimum Gasteiger partial charge on any atom is -0.488 e. The van der Waals surface area contributed by atoms with Crippen LogP contribution in [0.3, 0.4) is 0 Å². The molecule has 1 unspecified atom stereocenters. The van der Waals surface area contributed by atoms with E-state index >= 15 is 0 Å². The molecule has 0 aliphatic carbocycles. The summed E-state index contributed by atoms with van der Waals surface area (Å²) in [6.07, 6.45) is 2.81. The molecule has 2 heterocycles. The molecule has 0 saturated carbocycles. The van der Waals surface area contributed by atoms with Crippen molar-refractivity contribution in [1.82, 2.24) is 4.98 Å². The van der Waals surface area contributed by atoms with Crippen LogP contribution in [0.5, 0.6) is 5.75 Å². The first-order valence-electron chi connectivity index (χ1n) is 12.7. The molecule has 1 amide bonds. The summed E-state index contributed by atoms with van der Waals surface area (Å²) in [5.41, 5.74) is 6.68. The Morgan fingerprint density at radius 3 is 2.68 bits per heavy atom. The number of nitrogens with zero attached hydrogens (tertiary/aromatic N) is 1. The number of H-pyrrole nitrogens is 1. The first kappa shape index (κ1) is 22.9. The molecule has 1 aromatic heterocycles. The second kappa shape index (κ2) is 9.86. The van der Waals surface area contributed by atoms with Gasteiger partial charge in [-0.15, -0.1) is 0 Å². The number of benzene rings is 4. The van der Waals surface area contributed by atoms with Crippen LogP contribution >= 0.6 is 0 Å². The van der Waals surface area contributed by atoms with E-state index in [1.54, 1.807) is 0 Å². The van der Waals surface area contributed by atoms with E-state index in [4.69, 9.17) is 4.74 Å². The molecule has 4 aromatic carbocycles. The average Bonchev–Trinajstić information content (AvgIpc) is 3.34. The van der Waals surface area contributed by atoms with Gasteiger partial charge in [-0.2, -0.15) is 0 Å². The normalized spacial score (nSPS) is 15.1. The third kappa shape index (κ3) is 4.68. The first-order chi connectivity index (χ1) is 18.2. The van der Waals surface area contributed by atoms with Gasteiger partial charge in [-0.3, -0.25) is 4.79 Å². The van der Waals surface area contributed by atoms with Crippen LogP contribution in [0.1, 0.15) is 29.3 Å². The second-order valence-corrected chi connectivity index (χ2v) is 9.57. The maximum absolute atomic E-state index is 13.9. The second-order valence-electron chi connectivity index (χ2n) is 9.57. The molecule has 5 aromatic rings. The third-order valence-corrected chi connectivity index (χ3v) is 6.96. The lowest BCUT2D eigenvalue weighted by Crippen LogP contribution is -2.32. The highest BCUT2D eigenvalue weighted by molar-refractivity contribution is 6.08. The zero-order chi connectivity index (χ0) is 25.2. The molecular weight excluding hydrogens is 458 g/mol. The molecule has 1 aliphatic rings. The lowest BCUT2D eigenvalue weighted by atomic mass is 10.0. The number of hydrogen-bond donors (Lipinski definition) is 2. The molecule has 1 atom stereocenters. The molecule has 0 fully saturated rings. The Morgan fingerprint density at radius 2 is 1.78 bits per heavy atom. The highest BCUT2D eigenvalue weighted by Gasteiger charge is 2.25. The van der Waals surface area contributed by atoms with E-state index in [1.165, 1.54) is 0 Å². The quantitative estimate of drug-likeness (QED) is 0.274. The molecule has 37 heavy (non-hydrogen) atoms. The van der Waals surface area contributed by atoms with Crippen LogP contribution in [-0.4, -0.2) is 23.5 Å². The Balaban J connectivity index is 1.38. The van der Waals surface area contributed by atoms with E-state index in [2.05, 4.69) is 41.5 Å². The van der Waals surface area contributed by atoms with Crippen LogP contribution in [-0.2, 0) is 6.61 Å². The van der Waals surface area contributed by atoms with Crippen molar-refractivity contribution in [2.24, 2.45) is 0 Å². The molecule has 1 aliphatic heterocycles. The van der Waals surface area contributed by atoms with Gasteiger partial charge in [0.15, 0.2) is 0 Å². The number of rotatable bonds is 5. The van der Waals surface area contributed by atoms with Gasteiger partial charge in [-0.1, -0.05) is 48.5 Å². The minimum absolute atomic E-state index is 0.0273. The molecular formula is C32H29N3O2. The van der Waals surface area contributed by atoms with Crippen LogP contribution in [0.4, 0.5) is 11.4 Å². The van der Waals surface area contributed by atoms with Gasteiger partial charge in [0.1, 0.15) is 12.4 Å². The number of para-hydroxylation sites is 2. The van der Waals surface area contributed by atoms with E-state index in [9.17, 15) is 4.79 Å². The lowest BCUT2D eigenvalue weighted by Gasteiger charge is -2.23. The molecule has 0 radical (unpaired) electrons. The Kier molecular flexibility index (Phi) is 6.11. The fourth-order valence-corrected chi connectivity index (χ4v) is 4.95. The van der Waals surface area contributed by atoms with Crippen molar-refractivity contribution in [3.05, 3.63) is 114 Å². The van der Waals surface area contributed by atoms with Crippen LogP contribution in [0.15, 0.2) is 103 Å². The summed E-state index contributed by atoms with van der Waals surface area (Å²) in [7, 11) is 0. The van der Waals surface area contributed by atoms with Gasteiger partial charge in [0.05, 0.1) is 11.4 Å². The van der Waals surface area contributed by atoms with Gasteiger partial charge >= 0.3 is 0 Å². The Bertz CT molecular complexity index is 1560. The van der Waals surface area contributed by atoms with Gasteiger partial charge in [-0.25, -0.2) is 0 Å². The number of fused-ring (bicyclic) bond motifs is 2. The van der Waals surface area contributed by atoms with Gasteiger partial charge in [-0.05, 0) is 78.4 Å². The van der Waals surface area contributed by atoms with Gasteiger partial charge in [0, 0.05) is 35.4 Å². The minimum atomic E-state index is -0.0273. The lowest BCUT2D eigenvalue weighted by molar-refractivity contribution is 0.0986. The topological polar surface area (TPSA) is 57.4 Å². The summed E-state index contributed by atoms with van der Waals surface area (Å²) < 4.78 is 6.37. The Hall–Kier alpha value is -4.51. The molecule has 184 valence electrons. The Morgan fingerprint density at radius 1 is 0.946 bits per heavy atom. The standard InChI is InChI=1S/C32H29N3O2/c1-22-16-18-35(30-10-6-5-9-29(30)34-22)32(36)26-11-13-27(24-12-14-28-25(19-24)15-17-33-28)31(20-26)37-21-23-7-3-2-4-8-23/h2-15,17,19-20,22,33-34H,16,18,21H2,1H3. The van der Waals surface area contributed by atoms with Crippen molar-refractivity contribution in [3.63, 3.8) is 0 Å². The summed E-state index contributed by atoms with van der Waals surface area (Å²) in [6, 6.07) is 32.6. The van der Waals surface area contributed by atoms with Crippen molar-refractivity contribution in [3.8, 4) is 16.9 Å². The monoisotopic (exact) mass is 487 g/mol. The average molecular weight is 488 g/mol. The van der Waals surface area contributed by atoms with Crippen molar-refractivity contribution in [2.45, 2.75) is 26.0 Å². The van der Waals surface area contributed by atoms with Crippen molar-refractivity contribution < 1.29 is 9.53 Å². The number of amides is 1. The molecule has 0 saturated heterocycles. The predicted octanol–water partition coefficient (Wildman–Crippen LogP) is 7.26. The van der Waals surface area contributed by atoms with E-state index in [1.807, 2.05) is 83.9 Å². The van der Waals surface area contributed by atoms with Gasteiger partial charge in [0.2, 0.25) is 0 Å². The van der Waals surface area contributed by atoms with Crippen LogP contribution in [0.2, 0.25) is 0 Å². The maximum atomic E-state index is 13.9. The summed E-state index contributed by atoms with van der Waals surface area (Å²) in [5.74, 6) is 0.666. The molecule has 0 bridgehead atoms. The number of carbonyl (C=O) groups is 1. The molecule has 6 rings (SSSR count). The van der Waals surface area contributed by atoms with E-state index in [0.29, 0.717) is 24.5 Å². The third-order valence-electron chi connectivity index (χ3n) is 6.96. The summed E-state index contributed by atoms with van der Waals surface area (Å²) >= 11 is 0. The van der Waals surface area contributed by atoms with E-state index < -0.39 is 0 Å². The number of hydrogen-bond acceptors (Lipinski definition) is 3. The highest BCUT2D eigenvalue weighted by Crippen LogP contribution is 2.36. The van der Waals surface area contributed by atoms with Crippen molar-refractivity contribution in [1.29, 1.82) is 0 Å². The number of carbonyl (C=O) groups excluding carboxylic acids is 1. The summed E-state index contributed by atoms with van der Waals surface area (Å²) in [5, 5.41) is 4.66. The van der Waals surface area contributed by atoms with Crippen molar-refractivity contribution >= 4 is 28.2 Å². The number of anilines is 2. The van der Waals surface area contributed by atoms with Crippen LogP contribution in [0.25, 0.3) is 22.0 Å². The van der Waals surface area contributed by atoms with E-state index in [-0.39, 0.29) is 11.9 Å². The number of aromatic amines is 1. The zero-order valence-corrected chi connectivity index (χ0v) is 20.8. The predicted molar refractivity (Wildman–Crippen MR) is 150 cm³/mol. The molecule has 5 heteroatoms. The van der Waals surface area contributed by atoms with Crippen molar-refractivity contribution in [2.75, 3.05) is 16.8 Å². The molecule has 0 spiro atoms. The first-order valence-corrected chi connectivity index (χ1v) is 12.7. The Labute approximate surface area is 216 Å². The smallest absolute Gasteiger partial charge is 0.258 e. The van der Waals surface area contributed by atoms with Gasteiger partial charge in [0.25, 0.3) is 5.91 Å². The van der Waals surface area contributed by atoms with Gasteiger partial charge < -0.3 is 19.9 Å². The summed E-state index contributed by atoms with van der Waals surface area (Å²) in [6.45, 7) is 3.22. The fraction of sp³-hybridized carbons (Fsp3) is 0.156. The zero-order valence-electron chi connectivity index (χ0n) is 20.8. The summed E-state index contributed by atoms with van der Waals surface area (Å²) in [4.78, 5) is 19.0. The molecule has 5 nitrogen and oxygen atoms in total. The SMILES string of the molecule is CC1CCN(C(=O)c2ccc(-c3ccc4[nH]ccc4c3)c(OCc3ccccc3)c2)c2ccccc2N1. The number of nitrogens with one attached hydrogen (secondary N) is 2. The highest BCUT2D eigenvalue weighted by atomic mass is 16.5. The van der Waals surface area contributed by atoms with Crippen LogP contribution < -0.4 is 15.0 Å². The largest absolute Gasteiger partial charge is 0.488 e. The number of aromatic nitrogens is 1.